The van der Waals surface area contributed by atoms with Gasteiger partial charge in [-0.1, -0.05) is 12.2 Å². The van der Waals surface area contributed by atoms with Crippen molar-refractivity contribution in [3.05, 3.63) is 25.3 Å². The lowest BCUT2D eigenvalue weighted by atomic mass is 10.0. The molecule has 2 heterocycles. The summed E-state index contributed by atoms with van der Waals surface area (Å²) >= 11 is 0. The Balaban J connectivity index is 1.84. The largest absolute Gasteiger partial charge is 0.386 e. The Labute approximate surface area is 108 Å². The summed E-state index contributed by atoms with van der Waals surface area (Å²) in [6.45, 7) is 7.14. The van der Waals surface area contributed by atoms with Crippen molar-refractivity contribution < 1.29 is 19.7 Å². The van der Waals surface area contributed by atoms with Crippen molar-refractivity contribution in [3.8, 4) is 0 Å². The molecule has 18 heavy (non-hydrogen) atoms. The number of ether oxygens (including phenoxy) is 2. The quantitative estimate of drug-likeness (QED) is 0.723. The minimum Gasteiger partial charge on any atom is -0.386 e. The van der Waals surface area contributed by atoms with Crippen molar-refractivity contribution >= 4 is 0 Å². The van der Waals surface area contributed by atoms with Crippen LogP contribution < -0.4 is 0 Å². The molecule has 2 aliphatic heterocycles. The van der Waals surface area contributed by atoms with E-state index in [-0.39, 0.29) is 24.4 Å². The maximum absolute atomic E-state index is 9.66. The Morgan fingerprint density at radius 2 is 1.22 bits per heavy atom. The zero-order valence-electron chi connectivity index (χ0n) is 10.6. The Morgan fingerprint density at radius 1 is 0.833 bits per heavy atom. The lowest BCUT2D eigenvalue weighted by Crippen LogP contribution is -2.32. The van der Waals surface area contributed by atoms with Crippen LogP contribution in [0.4, 0.5) is 0 Å². The monoisotopic (exact) mass is 254 g/mol. The molecule has 0 radical (unpaired) electrons. The summed E-state index contributed by atoms with van der Waals surface area (Å²) in [5, 5.41) is 19.3. The van der Waals surface area contributed by atoms with E-state index in [4.69, 9.17) is 9.47 Å². The van der Waals surface area contributed by atoms with E-state index in [0.29, 0.717) is 0 Å². The first kappa shape index (κ1) is 13.7. The van der Waals surface area contributed by atoms with E-state index in [0.717, 1.165) is 25.7 Å². The van der Waals surface area contributed by atoms with Crippen LogP contribution in [-0.2, 0) is 9.47 Å². The third kappa shape index (κ3) is 2.83. The highest BCUT2D eigenvalue weighted by molar-refractivity contribution is 4.95. The molecule has 2 saturated heterocycles. The lowest BCUT2D eigenvalue weighted by Gasteiger charge is -2.22. The Kier molecular flexibility index (Phi) is 4.56. The van der Waals surface area contributed by atoms with Gasteiger partial charge in [-0.05, 0) is 25.7 Å². The fourth-order valence-corrected chi connectivity index (χ4v) is 2.73. The predicted octanol–water partition coefficient (Wildman–Crippen LogP) is 1.18. The van der Waals surface area contributed by atoms with Crippen LogP contribution in [0, 0.1) is 0 Å². The third-order valence-electron chi connectivity index (χ3n) is 3.83. The molecule has 2 N–H and O–H groups in total. The van der Waals surface area contributed by atoms with Gasteiger partial charge >= 0.3 is 0 Å². The third-order valence-corrected chi connectivity index (χ3v) is 3.83. The molecule has 2 rings (SSSR count). The second kappa shape index (κ2) is 5.97. The number of aliphatic hydroxyl groups is 2. The zero-order valence-corrected chi connectivity index (χ0v) is 10.6. The van der Waals surface area contributed by atoms with Crippen LogP contribution in [0.2, 0.25) is 0 Å². The molecule has 2 aliphatic rings. The van der Waals surface area contributed by atoms with Gasteiger partial charge in [-0.25, -0.2) is 0 Å². The molecule has 0 aliphatic carbocycles. The maximum atomic E-state index is 9.66. The first-order chi connectivity index (χ1) is 8.65. The van der Waals surface area contributed by atoms with Gasteiger partial charge in [0.2, 0.25) is 0 Å². The van der Waals surface area contributed by atoms with Crippen LogP contribution in [0.1, 0.15) is 25.7 Å². The number of rotatable bonds is 5. The van der Waals surface area contributed by atoms with Crippen LogP contribution in [0.3, 0.4) is 0 Å². The molecule has 0 aromatic heterocycles. The highest BCUT2D eigenvalue weighted by Crippen LogP contribution is 2.33. The number of aliphatic hydroxyl groups excluding tert-OH is 2. The van der Waals surface area contributed by atoms with Crippen molar-refractivity contribution in [2.75, 3.05) is 0 Å². The van der Waals surface area contributed by atoms with E-state index in [9.17, 15) is 10.2 Å². The van der Waals surface area contributed by atoms with E-state index >= 15 is 0 Å². The SMILES string of the molecule is C=C[C@@H](O)[C@H]1CC[C@H]([C@H]2CC[C@H]([C@H](O)C=C)O2)O1. The van der Waals surface area contributed by atoms with Crippen molar-refractivity contribution in [2.45, 2.75) is 62.3 Å². The van der Waals surface area contributed by atoms with Crippen molar-refractivity contribution in [2.24, 2.45) is 0 Å². The van der Waals surface area contributed by atoms with Crippen molar-refractivity contribution in [1.82, 2.24) is 0 Å². The molecule has 0 amide bonds. The van der Waals surface area contributed by atoms with Gasteiger partial charge in [0.15, 0.2) is 0 Å². The van der Waals surface area contributed by atoms with E-state index in [1.165, 1.54) is 12.2 Å². The van der Waals surface area contributed by atoms with Crippen molar-refractivity contribution in [3.63, 3.8) is 0 Å². The van der Waals surface area contributed by atoms with Crippen LogP contribution >= 0.6 is 0 Å². The van der Waals surface area contributed by atoms with Gasteiger partial charge in [-0.15, -0.1) is 13.2 Å². The summed E-state index contributed by atoms with van der Waals surface area (Å²) in [7, 11) is 0. The van der Waals surface area contributed by atoms with Gasteiger partial charge in [0.05, 0.1) is 36.6 Å². The molecule has 102 valence electrons. The first-order valence-electron chi connectivity index (χ1n) is 6.58. The molecule has 0 aromatic carbocycles. The fourth-order valence-electron chi connectivity index (χ4n) is 2.73. The number of hydrogen-bond donors (Lipinski definition) is 2. The zero-order chi connectivity index (χ0) is 13.1. The summed E-state index contributed by atoms with van der Waals surface area (Å²) in [4.78, 5) is 0. The molecule has 4 nitrogen and oxygen atoms in total. The summed E-state index contributed by atoms with van der Waals surface area (Å²) < 4.78 is 11.6. The maximum Gasteiger partial charge on any atom is 0.0980 e. The normalized spacial score (nSPS) is 39.4. The van der Waals surface area contributed by atoms with E-state index in [1.807, 2.05) is 0 Å². The van der Waals surface area contributed by atoms with Crippen LogP contribution in [0.5, 0.6) is 0 Å². The van der Waals surface area contributed by atoms with Crippen LogP contribution in [0.15, 0.2) is 25.3 Å². The Morgan fingerprint density at radius 3 is 1.56 bits per heavy atom. The molecule has 0 unspecified atom stereocenters. The topological polar surface area (TPSA) is 58.9 Å². The van der Waals surface area contributed by atoms with Gasteiger partial charge < -0.3 is 19.7 Å². The van der Waals surface area contributed by atoms with E-state index < -0.39 is 12.2 Å². The van der Waals surface area contributed by atoms with Gasteiger partial charge in [-0.3, -0.25) is 0 Å². The smallest absolute Gasteiger partial charge is 0.0980 e. The summed E-state index contributed by atoms with van der Waals surface area (Å²) in [5.74, 6) is 0. The van der Waals surface area contributed by atoms with E-state index in [1.54, 1.807) is 0 Å². The Hall–Kier alpha value is -0.680. The van der Waals surface area contributed by atoms with Gasteiger partial charge in [-0.2, -0.15) is 0 Å². The van der Waals surface area contributed by atoms with E-state index in [2.05, 4.69) is 13.2 Å². The van der Waals surface area contributed by atoms with Gasteiger partial charge in [0, 0.05) is 0 Å². The molecule has 2 fully saturated rings. The summed E-state index contributed by atoms with van der Waals surface area (Å²) in [6.07, 6.45) is 4.93. The van der Waals surface area contributed by atoms with Crippen LogP contribution in [0.25, 0.3) is 0 Å². The van der Waals surface area contributed by atoms with Crippen LogP contribution in [-0.4, -0.2) is 46.8 Å². The molecule has 0 bridgehead atoms. The second-order valence-electron chi connectivity index (χ2n) is 5.03. The second-order valence-corrected chi connectivity index (χ2v) is 5.03. The molecule has 4 heteroatoms. The van der Waals surface area contributed by atoms with Gasteiger partial charge in [0.1, 0.15) is 0 Å². The average molecular weight is 254 g/mol. The minimum absolute atomic E-state index is 0.0200. The molecule has 0 aromatic rings. The van der Waals surface area contributed by atoms with Crippen molar-refractivity contribution in [1.29, 1.82) is 0 Å². The molecule has 6 atom stereocenters. The predicted molar refractivity (Wildman–Crippen MR) is 68.2 cm³/mol. The lowest BCUT2D eigenvalue weighted by molar-refractivity contribution is -0.0974. The summed E-state index contributed by atoms with van der Waals surface area (Å²) in [5.41, 5.74) is 0. The van der Waals surface area contributed by atoms with Gasteiger partial charge in [0.25, 0.3) is 0 Å². The molecule has 0 saturated carbocycles. The molecule has 0 spiro atoms. The minimum atomic E-state index is -0.606. The first-order valence-corrected chi connectivity index (χ1v) is 6.58. The standard InChI is InChI=1S/C14H22O4/c1-3-9(15)11-5-7-13(17-11)14-8-6-12(18-14)10(16)4-2/h3-4,9-16H,1-2,5-8H2/t9-,10-,11-,12-,13-,14-/m1/s1. The molecular formula is C14H22O4. The fraction of sp³-hybridized carbons (Fsp3) is 0.714. The average Bonchev–Trinajstić information content (AvgIpc) is 3.04. The number of hydrogen-bond acceptors (Lipinski definition) is 4. The summed E-state index contributed by atoms with van der Waals surface area (Å²) in [6, 6.07) is 0. The highest BCUT2D eigenvalue weighted by Gasteiger charge is 2.39. The molecular weight excluding hydrogens is 232 g/mol. The highest BCUT2D eigenvalue weighted by atomic mass is 16.6. The Bertz CT molecular complexity index is 274.